The molecule has 0 aromatic heterocycles. The minimum atomic E-state index is -0.901. The van der Waals surface area contributed by atoms with Gasteiger partial charge in [0, 0.05) is 5.69 Å². The largest absolute Gasteiger partial charge is 0.478 e. The van der Waals surface area contributed by atoms with Crippen LogP contribution in [0.2, 0.25) is 0 Å². The van der Waals surface area contributed by atoms with E-state index < -0.39 is 5.97 Å². The van der Waals surface area contributed by atoms with E-state index in [1.165, 1.54) is 0 Å². The van der Waals surface area contributed by atoms with Crippen LogP contribution in [-0.2, 0) is 0 Å². The summed E-state index contributed by atoms with van der Waals surface area (Å²) >= 11 is 0. The van der Waals surface area contributed by atoms with Crippen molar-refractivity contribution in [3.63, 3.8) is 0 Å². The van der Waals surface area contributed by atoms with Gasteiger partial charge in [0.25, 0.3) is 0 Å². The summed E-state index contributed by atoms with van der Waals surface area (Å²) in [6.45, 7) is 3.73. The van der Waals surface area contributed by atoms with Crippen LogP contribution in [-0.4, -0.2) is 11.1 Å². The van der Waals surface area contributed by atoms with Crippen molar-refractivity contribution in [1.82, 2.24) is 0 Å². The third-order valence-electron chi connectivity index (χ3n) is 3.07. The second kappa shape index (κ2) is 4.53. The highest BCUT2D eigenvalue weighted by atomic mass is 16.4. The second-order valence-electron chi connectivity index (χ2n) is 4.41. The predicted octanol–water partition coefficient (Wildman–Crippen LogP) is 3.25. The number of carboxylic acids is 1. The van der Waals surface area contributed by atoms with Crippen molar-refractivity contribution in [1.29, 1.82) is 0 Å². The quantitative estimate of drug-likeness (QED) is 0.793. The average molecular weight is 241 g/mol. The van der Waals surface area contributed by atoms with E-state index in [1.54, 1.807) is 13.0 Å². The zero-order valence-corrected chi connectivity index (χ0v) is 10.4. The van der Waals surface area contributed by atoms with Gasteiger partial charge in [-0.3, -0.25) is 0 Å². The molecule has 2 aromatic rings. The van der Waals surface area contributed by atoms with Crippen LogP contribution >= 0.6 is 0 Å². The first-order valence-corrected chi connectivity index (χ1v) is 5.69. The Kier molecular flexibility index (Phi) is 3.06. The standard InChI is InChI=1S/C15H15NO2/c1-9-3-4-12(8-13(9)15(17)18)11-5-6-14(16)10(2)7-11/h3-8H,16H2,1-2H3,(H,17,18). The predicted molar refractivity (Wildman–Crippen MR) is 72.7 cm³/mol. The molecule has 0 radical (unpaired) electrons. The molecule has 3 heteroatoms. The van der Waals surface area contributed by atoms with E-state index in [-0.39, 0.29) is 0 Å². The molecule has 0 heterocycles. The van der Waals surface area contributed by atoms with Gasteiger partial charge in [0.15, 0.2) is 0 Å². The zero-order valence-electron chi connectivity index (χ0n) is 10.4. The van der Waals surface area contributed by atoms with Crippen LogP contribution in [0.1, 0.15) is 21.5 Å². The van der Waals surface area contributed by atoms with E-state index in [0.29, 0.717) is 5.56 Å². The molecule has 0 atom stereocenters. The van der Waals surface area contributed by atoms with Crippen LogP contribution in [0.25, 0.3) is 11.1 Å². The van der Waals surface area contributed by atoms with Crippen LogP contribution in [0.3, 0.4) is 0 Å². The van der Waals surface area contributed by atoms with Crippen molar-refractivity contribution in [3.8, 4) is 11.1 Å². The summed E-state index contributed by atoms with van der Waals surface area (Å²) in [5.74, 6) is -0.901. The number of hydrogen-bond donors (Lipinski definition) is 2. The van der Waals surface area contributed by atoms with Gasteiger partial charge in [0.2, 0.25) is 0 Å². The van der Waals surface area contributed by atoms with Crippen molar-refractivity contribution in [2.45, 2.75) is 13.8 Å². The summed E-state index contributed by atoms with van der Waals surface area (Å²) in [6.07, 6.45) is 0. The number of aromatic carboxylic acids is 1. The molecule has 3 nitrogen and oxygen atoms in total. The van der Waals surface area contributed by atoms with E-state index in [0.717, 1.165) is 27.9 Å². The fraction of sp³-hybridized carbons (Fsp3) is 0.133. The molecule has 0 saturated carbocycles. The molecule has 3 N–H and O–H groups in total. The average Bonchev–Trinajstić information content (AvgIpc) is 2.33. The molecule has 2 aromatic carbocycles. The molecular formula is C15H15NO2. The number of anilines is 1. The van der Waals surface area contributed by atoms with Crippen molar-refractivity contribution in [2.75, 3.05) is 5.73 Å². The lowest BCUT2D eigenvalue weighted by atomic mass is 9.98. The molecule has 0 amide bonds. The zero-order chi connectivity index (χ0) is 13.3. The van der Waals surface area contributed by atoms with Crippen LogP contribution < -0.4 is 5.73 Å². The summed E-state index contributed by atoms with van der Waals surface area (Å²) in [5.41, 5.74) is 10.5. The Balaban J connectivity index is 2.54. The van der Waals surface area contributed by atoms with E-state index in [4.69, 9.17) is 10.8 Å². The van der Waals surface area contributed by atoms with Gasteiger partial charge in [-0.2, -0.15) is 0 Å². The highest BCUT2D eigenvalue weighted by Gasteiger charge is 2.09. The lowest BCUT2D eigenvalue weighted by Gasteiger charge is -2.08. The van der Waals surface area contributed by atoms with E-state index in [9.17, 15) is 4.79 Å². The van der Waals surface area contributed by atoms with Gasteiger partial charge in [-0.1, -0.05) is 18.2 Å². The number of hydrogen-bond acceptors (Lipinski definition) is 2. The summed E-state index contributed by atoms with van der Waals surface area (Å²) in [4.78, 5) is 11.1. The van der Waals surface area contributed by atoms with Gasteiger partial charge in [-0.05, 0) is 54.3 Å². The molecule has 92 valence electrons. The Morgan fingerprint density at radius 3 is 2.22 bits per heavy atom. The first-order valence-electron chi connectivity index (χ1n) is 5.69. The second-order valence-corrected chi connectivity index (χ2v) is 4.41. The van der Waals surface area contributed by atoms with Crippen LogP contribution in [0.5, 0.6) is 0 Å². The van der Waals surface area contributed by atoms with Crippen LogP contribution in [0.15, 0.2) is 36.4 Å². The van der Waals surface area contributed by atoms with Crippen LogP contribution in [0.4, 0.5) is 5.69 Å². The van der Waals surface area contributed by atoms with Gasteiger partial charge >= 0.3 is 5.97 Å². The fourth-order valence-electron chi connectivity index (χ4n) is 1.89. The van der Waals surface area contributed by atoms with E-state index >= 15 is 0 Å². The molecule has 2 rings (SSSR count). The molecule has 0 aliphatic carbocycles. The minimum Gasteiger partial charge on any atom is -0.478 e. The third kappa shape index (κ3) is 2.20. The number of aryl methyl sites for hydroxylation is 2. The number of nitrogen functional groups attached to an aromatic ring is 1. The summed E-state index contributed by atoms with van der Waals surface area (Å²) in [6, 6.07) is 11.1. The Hall–Kier alpha value is -2.29. The Morgan fingerprint density at radius 2 is 1.61 bits per heavy atom. The molecule has 0 aliphatic heterocycles. The molecule has 0 spiro atoms. The SMILES string of the molecule is Cc1cc(-c2ccc(C)c(C(=O)O)c2)ccc1N. The lowest BCUT2D eigenvalue weighted by molar-refractivity contribution is 0.0696. The number of carboxylic acid groups (broad SMARTS) is 1. The van der Waals surface area contributed by atoms with Crippen molar-refractivity contribution < 1.29 is 9.90 Å². The van der Waals surface area contributed by atoms with Crippen LogP contribution in [0, 0.1) is 13.8 Å². The number of nitrogens with two attached hydrogens (primary N) is 1. The molecule has 0 saturated heterocycles. The minimum absolute atomic E-state index is 0.335. The van der Waals surface area contributed by atoms with E-state index in [1.807, 2.05) is 37.3 Å². The molecule has 0 bridgehead atoms. The molecular weight excluding hydrogens is 226 g/mol. The molecule has 18 heavy (non-hydrogen) atoms. The summed E-state index contributed by atoms with van der Waals surface area (Å²) < 4.78 is 0. The fourth-order valence-corrected chi connectivity index (χ4v) is 1.89. The molecule has 0 aliphatic rings. The lowest BCUT2D eigenvalue weighted by Crippen LogP contribution is -1.99. The maximum absolute atomic E-state index is 11.1. The molecule has 0 fully saturated rings. The van der Waals surface area contributed by atoms with Gasteiger partial charge in [0.1, 0.15) is 0 Å². The normalized spacial score (nSPS) is 10.3. The topological polar surface area (TPSA) is 63.3 Å². The number of carbonyl (C=O) groups is 1. The first-order chi connectivity index (χ1) is 8.49. The van der Waals surface area contributed by atoms with Gasteiger partial charge in [-0.15, -0.1) is 0 Å². The first kappa shape index (κ1) is 12.2. The highest BCUT2D eigenvalue weighted by molar-refractivity contribution is 5.91. The highest BCUT2D eigenvalue weighted by Crippen LogP contribution is 2.25. The monoisotopic (exact) mass is 241 g/mol. The van der Waals surface area contributed by atoms with Gasteiger partial charge in [-0.25, -0.2) is 4.79 Å². The summed E-state index contributed by atoms with van der Waals surface area (Å²) in [7, 11) is 0. The third-order valence-corrected chi connectivity index (χ3v) is 3.07. The van der Waals surface area contributed by atoms with Gasteiger partial charge in [0.05, 0.1) is 5.56 Å². The Bertz CT molecular complexity index is 618. The summed E-state index contributed by atoms with van der Waals surface area (Å²) in [5, 5.41) is 9.12. The maximum Gasteiger partial charge on any atom is 0.335 e. The number of benzene rings is 2. The Morgan fingerprint density at radius 1 is 1.00 bits per heavy atom. The van der Waals surface area contributed by atoms with Crippen molar-refractivity contribution >= 4 is 11.7 Å². The molecule has 0 unspecified atom stereocenters. The van der Waals surface area contributed by atoms with Crippen molar-refractivity contribution in [3.05, 3.63) is 53.1 Å². The van der Waals surface area contributed by atoms with Crippen molar-refractivity contribution in [2.24, 2.45) is 0 Å². The smallest absolute Gasteiger partial charge is 0.335 e. The number of rotatable bonds is 2. The van der Waals surface area contributed by atoms with Gasteiger partial charge < -0.3 is 10.8 Å². The van der Waals surface area contributed by atoms with E-state index in [2.05, 4.69) is 0 Å². The maximum atomic E-state index is 11.1. The Labute approximate surface area is 106 Å².